The number of hydrogen-bond donors (Lipinski definition) is 1. The van der Waals surface area contributed by atoms with Gasteiger partial charge < -0.3 is 57.4 Å². The number of fused-ring (bicyclic) bond motifs is 4. The average Bonchev–Trinajstić information content (AvgIpc) is 3.54. The van der Waals surface area contributed by atoms with E-state index in [1.54, 1.807) is 0 Å². The summed E-state index contributed by atoms with van der Waals surface area (Å²) in [5.74, 6) is 0. The van der Waals surface area contributed by atoms with Crippen molar-refractivity contribution in [3.8, 4) is 0 Å². The van der Waals surface area contributed by atoms with E-state index in [2.05, 4.69) is 18.5 Å². The fourth-order valence-corrected chi connectivity index (χ4v) is 6.88. The number of nitrogens with one attached hydrogen (secondary N) is 1. The molecule has 52 heavy (non-hydrogen) atoms. The van der Waals surface area contributed by atoms with Gasteiger partial charge in [0.25, 0.3) is 0 Å². The molecule has 16 heteroatoms. The summed E-state index contributed by atoms with van der Waals surface area (Å²) in [7, 11) is 1.15. The van der Waals surface area contributed by atoms with Gasteiger partial charge in [0, 0.05) is 11.1 Å². The fraction of sp³-hybridized carbons (Fsp3) is 0.472. The zero-order valence-corrected chi connectivity index (χ0v) is 28.3. The lowest BCUT2D eigenvalue weighted by Crippen LogP contribution is -2.70. The standard InChI is InChI=1S/C36H40N2O14/c1-4-16-43-32-24(28(52-36(41)42-3)26-22(47-32)18-45-30(49-26)20-12-8-6-9-13-20)37-34(39)38-25-29(51-35(38)40)27-23(48-33(25)44-17-5-2)19-46-31(50-27)21-14-10-7-11-15-21/h4-15,22-33H,1-2,16-19H2,3H3,(H,37,39)/t22-,23-,24-,25-,26-,27-,28-,29-,30-,31-,32+,33+/m1/s1. The molecule has 0 spiro atoms. The predicted molar refractivity (Wildman–Crippen MR) is 175 cm³/mol. The highest BCUT2D eigenvalue weighted by atomic mass is 16.8. The number of nitrogens with zero attached hydrogens (tertiary/aromatic N) is 1. The molecule has 5 saturated heterocycles. The maximum absolute atomic E-state index is 14.4. The summed E-state index contributed by atoms with van der Waals surface area (Å²) in [5.41, 5.74) is 1.46. The number of rotatable bonds is 10. The van der Waals surface area contributed by atoms with E-state index in [-0.39, 0.29) is 26.4 Å². The first-order chi connectivity index (χ1) is 25.4. The van der Waals surface area contributed by atoms with Gasteiger partial charge in [-0.15, -0.1) is 13.2 Å². The Bertz CT molecular complexity index is 1580. The molecule has 12 atom stereocenters. The second-order valence-corrected chi connectivity index (χ2v) is 12.4. The van der Waals surface area contributed by atoms with Crippen LogP contribution in [0.2, 0.25) is 0 Å². The molecule has 5 aliphatic heterocycles. The van der Waals surface area contributed by atoms with Crippen molar-refractivity contribution in [3.05, 3.63) is 97.1 Å². The van der Waals surface area contributed by atoms with E-state index in [1.807, 2.05) is 60.7 Å². The lowest BCUT2D eigenvalue weighted by atomic mass is 9.94. The summed E-state index contributed by atoms with van der Waals surface area (Å²) >= 11 is 0. The third-order valence-electron chi connectivity index (χ3n) is 9.19. The van der Waals surface area contributed by atoms with Crippen LogP contribution in [0.5, 0.6) is 0 Å². The average molecular weight is 725 g/mol. The maximum Gasteiger partial charge on any atom is 0.508 e. The molecule has 278 valence electrons. The van der Waals surface area contributed by atoms with Crippen LogP contribution in [0.25, 0.3) is 0 Å². The zero-order chi connectivity index (χ0) is 36.2. The van der Waals surface area contributed by atoms with Crippen molar-refractivity contribution < 1.29 is 66.5 Å². The molecule has 16 nitrogen and oxygen atoms in total. The van der Waals surface area contributed by atoms with E-state index in [0.29, 0.717) is 5.56 Å². The minimum absolute atomic E-state index is 0.000540. The van der Waals surface area contributed by atoms with Gasteiger partial charge in [0.05, 0.1) is 33.5 Å². The molecular weight excluding hydrogens is 684 g/mol. The highest BCUT2D eigenvalue weighted by Gasteiger charge is 2.62. The molecule has 0 bridgehead atoms. The number of benzene rings is 2. The van der Waals surface area contributed by atoms with Crippen LogP contribution < -0.4 is 5.32 Å². The Morgan fingerprint density at radius 2 is 1.37 bits per heavy atom. The van der Waals surface area contributed by atoms with Gasteiger partial charge >= 0.3 is 18.3 Å². The van der Waals surface area contributed by atoms with Crippen LogP contribution in [0.4, 0.5) is 14.4 Å². The molecule has 3 amide bonds. The summed E-state index contributed by atoms with van der Waals surface area (Å²) in [6, 6.07) is 15.1. The second-order valence-electron chi connectivity index (χ2n) is 12.4. The van der Waals surface area contributed by atoms with E-state index in [0.717, 1.165) is 17.6 Å². The van der Waals surface area contributed by atoms with Crippen molar-refractivity contribution in [1.82, 2.24) is 10.2 Å². The summed E-state index contributed by atoms with van der Waals surface area (Å²) < 4.78 is 65.3. The van der Waals surface area contributed by atoms with Crippen molar-refractivity contribution in [2.24, 2.45) is 0 Å². The normalized spacial score (nSPS) is 35.2. The summed E-state index contributed by atoms with van der Waals surface area (Å²) in [6.45, 7) is 7.59. The number of amides is 3. The minimum atomic E-state index is -1.25. The summed E-state index contributed by atoms with van der Waals surface area (Å²) in [4.78, 5) is 41.5. The molecule has 2 aromatic carbocycles. The first-order valence-electron chi connectivity index (χ1n) is 16.8. The molecule has 0 saturated carbocycles. The molecule has 0 radical (unpaired) electrons. The number of carbonyl (C=O) groups excluding carboxylic acids is 3. The quantitative estimate of drug-likeness (QED) is 0.279. The number of urea groups is 1. The Morgan fingerprint density at radius 1 is 0.808 bits per heavy atom. The maximum atomic E-state index is 14.4. The lowest BCUT2D eigenvalue weighted by molar-refractivity contribution is -0.343. The molecule has 0 unspecified atom stereocenters. The number of carbonyl (C=O) groups is 3. The van der Waals surface area contributed by atoms with Crippen LogP contribution in [-0.2, 0) is 52.1 Å². The van der Waals surface area contributed by atoms with Gasteiger partial charge in [-0.05, 0) is 0 Å². The van der Waals surface area contributed by atoms with Crippen molar-refractivity contribution in [2.45, 2.75) is 73.9 Å². The summed E-state index contributed by atoms with van der Waals surface area (Å²) in [5, 5.41) is 2.79. The Hall–Kier alpha value is -4.39. The van der Waals surface area contributed by atoms with Crippen molar-refractivity contribution in [3.63, 3.8) is 0 Å². The first-order valence-corrected chi connectivity index (χ1v) is 16.8. The Balaban J connectivity index is 1.17. The monoisotopic (exact) mass is 724 g/mol. The number of imide groups is 1. The van der Waals surface area contributed by atoms with Crippen molar-refractivity contribution in [2.75, 3.05) is 33.5 Å². The lowest BCUT2D eigenvalue weighted by Gasteiger charge is -2.49. The topological polar surface area (TPSA) is 168 Å². The van der Waals surface area contributed by atoms with Crippen LogP contribution in [-0.4, -0.2) is 118 Å². The van der Waals surface area contributed by atoms with E-state index >= 15 is 0 Å². The molecular formula is C36H40N2O14. The minimum Gasteiger partial charge on any atom is -0.440 e. The molecule has 7 rings (SSSR count). The third-order valence-corrected chi connectivity index (χ3v) is 9.19. The Morgan fingerprint density at radius 3 is 1.96 bits per heavy atom. The third kappa shape index (κ3) is 7.29. The molecule has 0 aliphatic carbocycles. The zero-order valence-electron chi connectivity index (χ0n) is 28.3. The predicted octanol–water partition coefficient (Wildman–Crippen LogP) is 3.49. The molecule has 5 aliphatic rings. The first kappa shape index (κ1) is 36.0. The van der Waals surface area contributed by atoms with Gasteiger partial charge in [0.15, 0.2) is 37.4 Å². The molecule has 2 aromatic rings. The fourth-order valence-electron chi connectivity index (χ4n) is 6.88. The van der Waals surface area contributed by atoms with Crippen LogP contribution in [0, 0.1) is 0 Å². The van der Waals surface area contributed by atoms with Crippen molar-refractivity contribution >= 4 is 18.3 Å². The second kappa shape index (κ2) is 16.1. The number of ether oxygens (including phenoxy) is 11. The van der Waals surface area contributed by atoms with E-state index in [4.69, 9.17) is 52.1 Å². The largest absolute Gasteiger partial charge is 0.508 e. The Labute approximate surface area is 299 Å². The number of hydrogen-bond acceptors (Lipinski definition) is 14. The van der Waals surface area contributed by atoms with E-state index in [9.17, 15) is 14.4 Å². The highest BCUT2D eigenvalue weighted by molar-refractivity contribution is 5.93. The molecule has 5 heterocycles. The van der Waals surface area contributed by atoms with Crippen LogP contribution >= 0.6 is 0 Å². The Kier molecular flexibility index (Phi) is 11.1. The van der Waals surface area contributed by atoms with E-state index < -0.39 is 92.1 Å². The van der Waals surface area contributed by atoms with Crippen LogP contribution in [0.3, 0.4) is 0 Å². The molecule has 1 N–H and O–H groups in total. The molecule has 5 fully saturated rings. The van der Waals surface area contributed by atoms with Gasteiger partial charge in [0.2, 0.25) is 0 Å². The van der Waals surface area contributed by atoms with Gasteiger partial charge in [-0.1, -0.05) is 72.8 Å². The molecule has 0 aromatic heterocycles. The van der Waals surface area contributed by atoms with Gasteiger partial charge in [-0.2, -0.15) is 0 Å². The SMILES string of the molecule is C=CCO[C@H]1O[C@@H]2CO[C@@H](c3ccccc3)O[C@H]2[C@H](OC(=O)OC)[C@H]1NC(=O)N1C(=O)O[C@H]2[C@@H]3O[C@H](c4ccccc4)OC[C@H]3O[C@H](OCC=C)[C@@H]21. The van der Waals surface area contributed by atoms with Crippen molar-refractivity contribution in [1.29, 1.82) is 0 Å². The summed E-state index contributed by atoms with van der Waals surface area (Å²) in [6.07, 6.45) is -8.55. The van der Waals surface area contributed by atoms with Gasteiger partial charge in [-0.3, -0.25) is 0 Å². The smallest absolute Gasteiger partial charge is 0.440 e. The van der Waals surface area contributed by atoms with Gasteiger partial charge in [-0.25, -0.2) is 19.3 Å². The number of methoxy groups -OCH3 is 1. The van der Waals surface area contributed by atoms with Crippen LogP contribution in [0.1, 0.15) is 23.7 Å². The van der Waals surface area contributed by atoms with Gasteiger partial charge in [0.1, 0.15) is 36.5 Å². The highest BCUT2D eigenvalue weighted by Crippen LogP contribution is 2.41. The van der Waals surface area contributed by atoms with Crippen LogP contribution in [0.15, 0.2) is 86.0 Å². The van der Waals surface area contributed by atoms with E-state index in [1.165, 1.54) is 12.2 Å².